The molecule has 0 atom stereocenters. The van der Waals surface area contributed by atoms with Crippen LogP contribution in [0.15, 0.2) is 53.5 Å². The number of nitrogens with zero attached hydrogens (tertiary/aromatic N) is 1. The first-order valence-electron chi connectivity index (χ1n) is 9.07. The highest BCUT2D eigenvalue weighted by Gasteiger charge is 2.21. The average molecular weight is 405 g/mol. The second kappa shape index (κ2) is 10.1. The van der Waals surface area contributed by atoms with Crippen molar-refractivity contribution in [3.63, 3.8) is 0 Å². The Bertz CT molecular complexity index is 839. The van der Waals surface area contributed by atoms with E-state index in [1.54, 1.807) is 43.4 Å². The van der Waals surface area contributed by atoms with Crippen LogP contribution in [-0.2, 0) is 5.41 Å². The zero-order chi connectivity index (χ0) is 20.6. The summed E-state index contributed by atoms with van der Waals surface area (Å²) in [6.45, 7) is 5.55. The van der Waals surface area contributed by atoms with E-state index in [4.69, 9.17) is 11.6 Å². The van der Waals surface area contributed by atoms with Gasteiger partial charge in [-0.05, 0) is 29.8 Å². The normalized spacial score (nSPS) is 11.8. The highest BCUT2D eigenvalue weighted by Crippen LogP contribution is 2.22. The number of halogens is 2. The summed E-state index contributed by atoms with van der Waals surface area (Å²) in [5.74, 6) is 0.140. The first kappa shape index (κ1) is 21.7. The van der Waals surface area contributed by atoms with E-state index in [0.29, 0.717) is 36.2 Å². The molecule has 150 valence electrons. The fraction of sp³-hybridized carbons (Fsp3) is 0.333. The minimum Gasteiger partial charge on any atom is -0.356 e. The minimum absolute atomic E-state index is 0.220. The molecule has 0 aliphatic heterocycles. The summed E-state index contributed by atoms with van der Waals surface area (Å²) in [4.78, 5) is 16.3. The number of carbonyl (C=O) groups excluding carboxylic acids is 1. The summed E-state index contributed by atoms with van der Waals surface area (Å²) in [5.41, 5.74) is 1.07. The van der Waals surface area contributed by atoms with Crippen LogP contribution in [-0.4, -0.2) is 38.5 Å². The van der Waals surface area contributed by atoms with E-state index in [1.807, 2.05) is 19.9 Å². The predicted octanol–water partition coefficient (Wildman–Crippen LogP) is 3.35. The summed E-state index contributed by atoms with van der Waals surface area (Å²) >= 11 is 6.02. The van der Waals surface area contributed by atoms with Gasteiger partial charge in [-0.1, -0.05) is 49.7 Å². The van der Waals surface area contributed by atoms with Gasteiger partial charge in [0.15, 0.2) is 5.96 Å². The third-order valence-corrected chi connectivity index (χ3v) is 4.68. The van der Waals surface area contributed by atoms with Gasteiger partial charge in [0.05, 0.1) is 10.6 Å². The van der Waals surface area contributed by atoms with Gasteiger partial charge in [-0.2, -0.15) is 0 Å². The number of rotatable bonds is 7. The lowest BCUT2D eigenvalue weighted by Gasteiger charge is -2.27. The zero-order valence-corrected chi connectivity index (χ0v) is 17.1. The fourth-order valence-electron chi connectivity index (χ4n) is 2.63. The second-order valence-corrected chi connectivity index (χ2v) is 7.39. The van der Waals surface area contributed by atoms with E-state index in [0.717, 1.165) is 5.56 Å². The number of carbonyl (C=O) groups is 1. The third kappa shape index (κ3) is 6.23. The number of amides is 1. The van der Waals surface area contributed by atoms with E-state index in [1.165, 1.54) is 6.07 Å². The Morgan fingerprint density at radius 3 is 2.46 bits per heavy atom. The molecule has 0 saturated heterocycles. The second-order valence-electron chi connectivity index (χ2n) is 6.98. The first-order valence-corrected chi connectivity index (χ1v) is 9.44. The Balaban J connectivity index is 1.78. The lowest BCUT2D eigenvalue weighted by atomic mass is 9.84. The summed E-state index contributed by atoms with van der Waals surface area (Å²) in [7, 11) is 1.67. The molecule has 3 N–H and O–H groups in total. The molecule has 0 heterocycles. The van der Waals surface area contributed by atoms with Crippen LogP contribution in [0, 0.1) is 5.82 Å². The minimum atomic E-state index is -0.280. The number of guanidine groups is 1. The lowest BCUT2D eigenvalue weighted by Crippen LogP contribution is -2.45. The van der Waals surface area contributed by atoms with Gasteiger partial charge in [-0.15, -0.1) is 0 Å². The number of hydrogen-bond acceptors (Lipinski definition) is 2. The first-order chi connectivity index (χ1) is 13.3. The quantitative estimate of drug-likeness (QED) is 0.376. The van der Waals surface area contributed by atoms with Gasteiger partial charge in [0.25, 0.3) is 5.91 Å². The zero-order valence-electron chi connectivity index (χ0n) is 16.4. The Hall–Kier alpha value is -2.60. The van der Waals surface area contributed by atoms with E-state index in [2.05, 4.69) is 20.9 Å². The van der Waals surface area contributed by atoms with Crippen molar-refractivity contribution in [2.75, 3.05) is 26.7 Å². The van der Waals surface area contributed by atoms with Gasteiger partial charge >= 0.3 is 0 Å². The molecule has 0 bridgehead atoms. The molecule has 7 heteroatoms. The molecular formula is C21H26ClFN4O. The van der Waals surface area contributed by atoms with Gasteiger partial charge < -0.3 is 16.0 Å². The summed E-state index contributed by atoms with van der Waals surface area (Å²) < 4.78 is 13.5. The van der Waals surface area contributed by atoms with Crippen molar-refractivity contribution in [2.45, 2.75) is 19.3 Å². The van der Waals surface area contributed by atoms with Crippen molar-refractivity contribution < 1.29 is 9.18 Å². The monoisotopic (exact) mass is 404 g/mol. The summed E-state index contributed by atoms with van der Waals surface area (Å²) in [6, 6.07) is 13.5. The Morgan fingerprint density at radius 1 is 1.07 bits per heavy atom. The number of aliphatic imine (C=N–C) groups is 1. The highest BCUT2D eigenvalue weighted by atomic mass is 35.5. The molecule has 0 fully saturated rings. The third-order valence-electron chi connectivity index (χ3n) is 4.35. The summed E-state index contributed by atoms with van der Waals surface area (Å²) in [6.07, 6.45) is 0. The Kier molecular flexibility index (Phi) is 7.81. The number of benzene rings is 2. The molecule has 0 aliphatic rings. The molecule has 0 radical (unpaired) electrons. The predicted molar refractivity (Wildman–Crippen MR) is 113 cm³/mol. The van der Waals surface area contributed by atoms with Gasteiger partial charge in [0.2, 0.25) is 0 Å². The molecule has 0 aliphatic carbocycles. The maximum Gasteiger partial charge on any atom is 0.252 e. The van der Waals surface area contributed by atoms with Crippen molar-refractivity contribution in [1.82, 2.24) is 16.0 Å². The van der Waals surface area contributed by atoms with E-state index in [-0.39, 0.29) is 17.1 Å². The SMILES string of the molecule is CN=C(NCCNC(=O)c1ccccc1Cl)NCC(C)(C)c1cccc(F)c1. The highest BCUT2D eigenvalue weighted by molar-refractivity contribution is 6.33. The molecular weight excluding hydrogens is 379 g/mol. The topological polar surface area (TPSA) is 65.5 Å². The van der Waals surface area contributed by atoms with E-state index < -0.39 is 0 Å². The van der Waals surface area contributed by atoms with Crippen LogP contribution in [0.25, 0.3) is 0 Å². The molecule has 2 aromatic carbocycles. The van der Waals surface area contributed by atoms with E-state index in [9.17, 15) is 9.18 Å². The van der Waals surface area contributed by atoms with Crippen molar-refractivity contribution in [3.8, 4) is 0 Å². The Morgan fingerprint density at radius 2 is 1.79 bits per heavy atom. The number of hydrogen-bond donors (Lipinski definition) is 3. The van der Waals surface area contributed by atoms with Crippen LogP contribution in [0.1, 0.15) is 29.8 Å². The molecule has 0 saturated carbocycles. The van der Waals surface area contributed by atoms with Gasteiger partial charge in [-0.25, -0.2) is 4.39 Å². The van der Waals surface area contributed by atoms with Crippen LogP contribution in [0.3, 0.4) is 0 Å². The maximum absolute atomic E-state index is 13.5. The van der Waals surface area contributed by atoms with Crippen LogP contribution in [0.2, 0.25) is 5.02 Å². The molecule has 0 aromatic heterocycles. The van der Waals surface area contributed by atoms with Crippen LogP contribution in [0.5, 0.6) is 0 Å². The van der Waals surface area contributed by atoms with Crippen LogP contribution in [0.4, 0.5) is 4.39 Å². The summed E-state index contributed by atoms with van der Waals surface area (Å²) in [5, 5.41) is 9.62. The van der Waals surface area contributed by atoms with Crippen molar-refractivity contribution in [2.24, 2.45) is 4.99 Å². The van der Waals surface area contributed by atoms with E-state index >= 15 is 0 Å². The standard InChI is InChI=1S/C21H26ClFN4O/c1-21(2,15-7-6-8-16(23)13-15)14-27-20(24-3)26-12-11-25-19(28)17-9-4-5-10-18(17)22/h4-10,13H,11-12,14H2,1-3H3,(H,25,28)(H2,24,26,27). The van der Waals surface area contributed by atoms with Gasteiger partial charge in [0.1, 0.15) is 5.82 Å². The molecule has 28 heavy (non-hydrogen) atoms. The fourth-order valence-corrected chi connectivity index (χ4v) is 2.86. The molecule has 0 unspecified atom stereocenters. The molecule has 2 rings (SSSR count). The lowest BCUT2D eigenvalue weighted by molar-refractivity contribution is 0.0954. The largest absolute Gasteiger partial charge is 0.356 e. The van der Waals surface area contributed by atoms with Crippen molar-refractivity contribution in [1.29, 1.82) is 0 Å². The maximum atomic E-state index is 13.5. The average Bonchev–Trinajstić information content (AvgIpc) is 2.67. The molecule has 5 nitrogen and oxygen atoms in total. The van der Waals surface area contributed by atoms with Crippen molar-refractivity contribution in [3.05, 3.63) is 70.5 Å². The smallest absolute Gasteiger partial charge is 0.252 e. The number of nitrogens with one attached hydrogen (secondary N) is 3. The van der Waals surface area contributed by atoms with Gasteiger partial charge in [-0.3, -0.25) is 9.79 Å². The Labute approximate surface area is 170 Å². The van der Waals surface area contributed by atoms with Crippen LogP contribution >= 0.6 is 11.6 Å². The molecule has 2 aromatic rings. The van der Waals surface area contributed by atoms with Crippen LogP contribution < -0.4 is 16.0 Å². The van der Waals surface area contributed by atoms with Gasteiger partial charge in [0, 0.05) is 32.1 Å². The van der Waals surface area contributed by atoms with Crippen molar-refractivity contribution >= 4 is 23.5 Å². The molecule has 1 amide bonds. The molecule has 0 spiro atoms.